The van der Waals surface area contributed by atoms with Crippen molar-refractivity contribution in [2.75, 3.05) is 0 Å². The lowest BCUT2D eigenvalue weighted by atomic mass is 10.1. The van der Waals surface area contributed by atoms with E-state index in [1.54, 1.807) is 0 Å². The lowest BCUT2D eigenvalue weighted by Gasteiger charge is -2.21. The fourth-order valence-electron chi connectivity index (χ4n) is 2.71. The molecule has 2 aromatic carbocycles. The number of ether oxygens (including phenoxy) is 1. The van der Waals surface area contributed by atoms with Gasteiger partial charge in [-0.3, -0.25) is 14.5 Å². The van der Waals surface area contributed by atoms with E-state index in [0.717, 1.165) is 16.0 Å². The molecule has 0 saturated carbocycles. The Balaban J connectivity index is 1.80. The number of rotatable bonds is 6. The summed E-state index contributed by atoms with van der Waals surface area (Å²) in [5.74, 6) is -1.07. The molecule has 0 aromatic heterocycles. The maximum absolute atomic E-state index is 12.8. The van der Waals surface area contributed by atoms with Crippen LogP contribution in [0, 0.1) is 0 Å². The second kappa shape index (κ2) is 7.21. The van der Waals surface area contributed by atoms with Gasteiger partial charge in [0.25, 0.3) is 11.6 Å². The molecule has 0 spiro atoms. The molecule has 1 fully saturated rings. The fraction of sp³-hybridized carbons (Fsp3) is 0.211. The summed E-state index contributed by atoms with van der Waals surface area (Å²) in [4.78, 5) is 40.6. The monoisotopic (exact) mass is 336 g/mol. The van der Waals surface area contributed by atoms with Crippen LogP contribution in [0.1, 0.15) is 17.5 Å². The van der Waals surface area contributed by atoms with Crippen molar-refractivity contribution in [2.24, 2.45) is 4.99 Å². The van der Waals surface area contributed by atoms with Gasteiger partial charge in [0.05, 0.1) is 19.6 Å². The van der Waals surface area contributed by atoms with Crippen LogP contribution in [0.5, 0.6) is 0 Å². The van der Waals surface area contributed by atoms with Crippen LogP contribution in [-0.2, 0) is 32.3 Å². The number of carbonyl (C=O) groups is 2. The van der Waals surface area contributed by atoms with Crippen molar-refractivity contribution >= 4 is 17.9 Å². The topological polar surface area (TPSA) is 76.0 Å². The van der Waals surface area contributed by atoms with Crippen LogP contribution in [0.15, 0.2) is 65.7 Å². The summed E-state index contributed by atoms with van der Waals surface area (Å²) in [7, 11) is 0. The van der Waals surface area contributed by atoms with E-state index in [1.165, 1.54) is 6.08 Å². The molecule has 2 amide bonds. The molecule has 1 aliphatic rings. The molecule has 2 aromatic rings. The van der Waals surface area contributed by atoms with Crippen LogP contribution in [0.2, 0.25) is 0 Å². The molecule has 3 rings (SSSR count). The highest BCUT2D eigenvalue weighted by Crippen LogP contribution is 2.31. The Hall–Kier alpha value is -3.08. The van der Waals surface area contributed by atoms with Crippen molar-refractivity contribution < 1.29 is 19.1 Å². The Kier molecular flexibility index (Phi) is 4.84. The van der Waals surface area contributed by atoms with Crippen molar-refractivity contribution in [3.05, 3.63) is 71.8 Å². The third kappa shape index (κ3) is 3.55. The quantitative estimate of drug-likeness (QED) is 0.460. The summed E-state index contributed by atoms with van der Waals surface area (Å²) in [6, 6.07) is 18.3. The molecule has 1 saturated heterocycles. The summed E-state index contributed by atoms with van der Waals surface area (Å²) in [5, 5.41) is 0. The van der Waals surface area contributed by atoms with Crippen LogP contribution in [-0.4, -0.2) is 28.5 Å². The Morgan fingerprint density at radius 1 is 1.00 bits per heavy atom. The first-order valence-corrected chi connectivity index (χ1v) is 7.80. The van der Waals surface area contributed by atoms with Gasteiger partial charge in [0, 0.05) is 0 Å². The minimum atomic E-state index is -1.83. The Labute approximate surface area is 144 Å². The van der Waals surface area contributed by atoms with Crippen molar-refractivity contribution in [1.82, 2.24) is 4.90 Å². The number of likely N-dealkylation sites (tertiary alicyclic amines) is 1. The maximum Gasteiger partial charge on any atom is 0.286 e. The Bertz CT molecular complexity index is 816. The zero-order valence-corrected chi connectivity index (χ0v) is 13.4. The van der Waals surface area contributed by atoms with Crippen molar-refractivity contribution in [3.8, 4) is 0 Å². The van der Waals surface area contributed by atoms with Crippen LogP contribution >= 0.6 is 0 Å². The van der Waals surface area contributed by atoms with Crippen LogP contribution in [0.3, 0.4) is 0 Å². The highest BCUT2D eigenvalue weighted by molar-refractivity contribution is 6.07. The smallest absolute Gasteiger partial charge is 0.286 e. The second-order valence-corrected chi connectivity index (χ2v) is 5.71. The summed E-state index contributed by atoms with van der Waals surface area (Å²) >= 11 is 0. The van der Waals surface area contributed by atoms with Gasteiger partial charge in [-0.25, -0.2) is 4.79 Å². The van der Waals surface area contributed by atoms with Crippen LogP contribution in [0.4, 0.5) is 0 Å². The van der Waals surface area contributed by atoms with Gasteiger partial charge in [-0.15, -0.1) is 0 Å². The van der Waals surface area contributed by atoms with Gasteiger partial charge < -0.3 is 4.74 Å². The summed E-state index contributed by atoms with van der Waals surface area (Å²) in [5.41, 5.74) is -0.216. The molecular formula is C19H16N2O4. The van der Waals surface area contributed by atoms with E-state index in [-0.39, 0.29) is 19.6 Å². The second-order valence-electron chi connectivity index (χ2n) is 5.71. The minimum Gasteiger partial charge on any atom is -0.340 e. The minimum absolute atomic E-state index is 0.0597. The van der Waals surface area contributed by atoms with E-state index in [1.807, 2.05) is 60.7 Å². The van der Waals surface area contributed by atoms with Crippen molar-refractivity contribution in [1.29, 1.82) is 0 Å². The average Bonchev–Trinajstić information content (AvgIpc) is 2.87. The lowest BCUT2D eigenvalue weighted by Crippen LogP contribution is -2.41. The number of amides is 2. The predicted octanol–water partition coefficient (Wildman–Crippen LogP) is 2.19. The SMILES string of the molecule is O=C=N[C@]1(OCc2ccccc2)CC(=O)N(Cc2ccccc2)C1=O. The fourth-order valence-corrected chi connectivity index (χ4v) is 2.71. The molecule has 25 heavy (non-hydrogen) atoms. The molecule has 0 N–H and O–H groups in total. The summed E-state index contributed by atoms with van der Waals surface area (Å²) in [6.45, 7) is 0.174. The first kappa shape index (κ1) is 16.8. The normalized spacial score (nSPS) is 19.8. The molecule has 0 aliphatic carbocycles. The number of aliphatic imine (C=N–C) groups is 1. The highest BCUT2D eigenvalue weighted by Gasteiger charge is 2.53. The van der Waals surface area contributed by atoms with Crippen LogP contribution < -0.4 is 0 Å². The van der Waals surface area contributed by atoms with E-state index in [2.05, 4.69) is 4.99 Å². The molecule has 6 heteroatoms. The van der Waals surface area contributed by atoms with Gasteiger partial charge in [0.1, 0.15) is 0 Å². The molecule has 6 nitrogen and oxygen atoms in total. The molecule has 1 atom stereocenters. The van der Waals surface area contributed by atoms with Gasteiger partial charge >= 0.3 is 0 Å². The third-order valence-electron chi connectivity index (χ3n) is 4.00. The molecule has 0 unspecified atom stereocenters. The van der Waals surface area contributed by atoms with Gasteiger partial charge in [0.2, 0.25) is 12.0 Å². The largest absolute Gasteiger partial charge is 0.340 e. The van der Waals surface area contributed by atoms with Gasteiger partial charge in [0.15, 0.2) is 0 Å². The highest BCUT2D eigenvalue weighted by atomic mass is 16.5. The molecule has 126 valence electrons. The number of nitrogens with zero attached hydrogens (tertiary/aromatic N) is 2. The zero-order valence-electron chi connectivity index (χ0n) is 13.4. The standard InChI is InChI=1S/C19H16N2O4/c22-14-20-19(25-13-16-9-5-2-6-10-16)11-17(23)21(18(19)24)12-15-7-3-1-4-8-15/h1-10H,11-13H2/t19-/m0/s1. The number of isocyanates is 1. The first-order valence-electron chi connectivity index (χ1n) is 7.80. The lowest BCUT2D eigenvalue weighted by molar-refractivity contribution is -0.151. The average molecular weight is 336 g/mol. The number of hydrogen-bond donors (Lipinski definition) is 0. The van der Waals surface area contributed by atoms with E-state index in [9.17, 15) is 14.4 Å². The molecule has 0 bridgehead atoms. The zero-order chi connectivity index (χ0) is 17.7. The molecule has 1 heterocycles. The maximum atomic E-state index is 12.8. The van der Waals surface area contributed by atoms with Gasteiger partial charge in [-0.05, 0) is 11.1 Å². The summed E-state index contributed by atoms with van der Waals surface area (Å²) in [6.07, 6.45) is 1.07. The van der Waals surface area contributed by atoms with Crippen molar-refractivity contribution in [2.45, 2.75) is 25.3 Å². The molecular weight excluding hydrogens is 320 g/mol. The van der Waals surface area contributed by atoms with E-state index in [0.29, 0.717) is 0 Å². The van der Waals surface area contributed by atoms with E-state index < -0.39 is 17.5 Å². The number of carbonyl (C=O) groups excluding carboxylic acids is 3. The molecule has 0 radical (unpaired) electrons. The first-order chi connectivity index (χ1) is 12.1. The Morgan fingerprint density at radius 2 is 1.60 bits per heavy atom. The third-order valence-corrected chi connectivity index (χ3v) is 4.00. The Morgan fingerprint density at radius 3 is 2.20 bits per heavy atom. The predicted molar refractivity (Wildman–Crippen MR) is 88.7 cm³/mol. The summed E-state index contributed by atoms with van der Waals surface area (Å²) < 4.78 is 5.63. The number of hydrogen-bond acceptors (Lipinski definition) is 5. The van der Waals surface area contributed by atoms with Crippen molar-refractivity contribution in [3.63, 3.8) is 0 Å². The number of benzene rings is 2. The number of imide groups is 1. The van der Waals surface area contributed by atoms with Crippen LogP contribution in [0.25, 0.3) is 0 Å². The molecule has 1 aliphatic heterocycles. The van der Waals surface area contributed by atoms with E-state index in [4.69, 9.17) is 4.74 Å². The van der Waals surface area contributed by atoms with E-state index >= 15 is 0 Å². The van der Waals surface area contributed by atoms with Gasteiger partial charge in [-0.2, -0.15) is 4.99 Å². The van der Waals surface area contributed by atoms with Gasteiger partial charge in [-0.1, -0.05) is 60.7 Å².